The monoisotopic (exact) mass is 271 g/mol. The van der Waals surface area contributed by atoms with Gasteiger partial charge in [-0.05, 0) is 19.1 Å². The van der Waals surface area contributed by atoms with Gasteiger partial charge >= 0.3 is 0 Å². The summed E-state index contributed by atoms with van der Waals surface area (Å²) in [6.07, 6.45) is 0.588. The van der Waals surface area contributed by atoms with Crippen LogP contribution in [-0.2, 0) is 11.8 Å². The molecule has 1 saturated heterocycles. The molecule has 3 rings (SSSR count). The number of aryl methyl sites for hydroxylation is 1. The quantitative estimate of drug-likeness (QED) is 0.845. The number of Topliss-reactive ketones (excluding diaryl/α,β-unsaturated/α-hetero) is 1. The molecule has 1 aliphatic rings. The van der Waals surface area contributed by atoms with Crippen LogP contribution in [-0.4, -0.2) is 28.4 Å². The van der Waals surface area contributed by atoms with Crippen LogP contribution in [0, 0.1) is 5.92 Å². The predicted octanol–water partition coefficient (Wildman–Crippen LogP) is 1.35. The maximum atomic E-state index is 12.3. The first-order valence-electron chi connectivity index (χ1n) is 6.76. The molecule has 0 amide bonds. The lowest BCUT2D eigenvalue weighted by Gasteiger charge is -2.39. The fourth-order valence-corrected chi connectivity index (χ4v) is 2.75. The maximum absolute atomic E-state index is 12.3. The molecule has 0 bridgehead atoms. The summed E-state index contributed by atoms with van der Waals surface area (Å²) < 4.78 is 1.63. The number of ketones is 1. The first-order valence-corrected chi connectivity index (χ1v) is 6.76. The highest BCUT2D eigenvalue weighted by Crippen LogP contribution is 2.24. The molecule has 5 nitrogen and oxygen atoms in total. The van der Waals surface area contributed by atoms with Crippen LogP contribution in [0.5, 0.6) is 0 Å². The maximum Gasteiger partial charge on any atom is 0.293 e. The molecule has 0 atom stereocenters. The number of anilines is 1. The van der Waals surface area contributed by atoms with E-state index in [2.05, 4.69) is 4.98 Å². The lowest BCUT2D eigenvalue weighted by Crippen LogP contribution is -2.50. The van der Waals surface area contributed by atoms with Crippen molar-refractivity contribution in [3.05, 3.63) is 34.6 Å². The molecule has 5 heteroatoms. The Balaban J connectivity index is 1.92. The molecule has 1 aliphatic heterocycles. The first-order chi connectivity index (χ1) is 9.56. The minimum Gasteiger partial charge on any atom is -0.351 e. The number of benzene rings is 1. The third kappa shape index (κ3) is 2.09. The van der Waals surface area contributed by atoms with Crippen molar-refractivity contribution in [1.29, 1.82) is 0 Å². The van der Waals surface area contributed by atoms with Crippen molar-refractivity contribution in [1.82, 2.24) is 9.55 Å². The number of rotatable bonds is 3. The lowest BCUT2D eigenvalue weighted by molar-refractivity contribution is -0.118. The minimum absolute atomic E-state index is 0.0787. The van der Waals surface area contributed by atoms with Gasteiger partial charge in [-0.15, -0.1) is 0 Å². The third-order valence-corrected chi connectivity index (χ3v) is 3.80. The van der Waals surface area contributed by atoms with Crippen molar-refractivity contribution < 1.29 is 4.79 Å². The molecule has 0 aliphatic carbocycles. The summed E-state index contributed by atoms with van der Waals surface area (Å²) in [6, 6.07) is 7.61. The van der Waals surface area contributed by atoms with E-state index in [0.29, 0.717) is 18.2 Å². The zero-order chi connectivity index (χ0) is 14.3. The highest BCUT2D eigenvalue weighted by atomic mass is 16.1. The number of fused-ring (bicyclic) bond motifs is 1. The van der Waals surface area contributed by atoms with Gasteiger partial charge in [0.15, 0.2) is 5.82 Å². The minimum atomic E-state index is -0.0787. The van der Waals surface area contributed by atoms with Gasteiger partial charge in [0.1, 0.15) is 5.78 Å². The number of hydrogen-bond donors (Lipinski definition) is 0. The van der Waals surface area contributed by atoms with Crippen LogP contribution in [0.2, 0.25) is 0 Å². The zero-order valence-electron chi connectivity index (χ0n) is 11.7. The van der Waals surface area contributed by atoms with Crippen LogP contribution < -0.4 is 10.5 Å². The van der Waals surface area contributed by atoms with Gasteiger partial charge in [-0.2, -0.15) is 0 Å². The van der Waals surface area contributed by atoms with E-state index in [1.165, 1.54) is 0 Å². The molecular formula is C15H17N3O2. The average Bonchev–Trinajstić information content (AvgIpc) is 2.38. The van der Waals surface area contributed by atoms with Crippen LogP contribution in [0.4, 0.5) is 5.82 Å². The van der Waals surface area contributed by atoms with E-state index in [-0.39, 0.29) is 11.3 Å². The van der Waals surface area contributed by atoms with Gasteiger partial charge in [-0.25, -0.2) is 4.98 Å². The molecule has 104 valence electrons. The topological polar surface area (TPSA) is 55.2 Å². The largest absolute Gasteiger partial charge is 0.351 e. The summed E-state index contributed by atoms with van der Waals surface area (Å²) in [4.78, 5) is 29.9. The van der Waals surface area contributed by atoms with E-state index in [1.54, 1.807) is 18.5 Å². The van der Waals surface area contributed by atoms with E-state index in [0.717, 1.165) is 24.1 Å². The summed E-state index contributed by atoms with van der Waals surface area (Å²) in [6.45, 7) is 3.08. The molecular weight excluding hydrogens is 254 g/mol. The number of aromatic nitrogens is 2. The molecule has 2 aromatic rings. The molecule has 0 spiro atoms. The Kier molecular flexibility index (Phi) is 3.04. The van der Waals surface area contributed by atoms with Crippen molar-refractivity contribution in [3.63, 3.8) is 0 Å². The third-order valence-electron chi connectivity index (χ3n) is 3.80. The van der Waals surface area contributed by atoms with Crippen molar-refractivity contribution in [3.8, 4) is 0 Å². The number of para-hydroxylation sites is 2. The van der Waals surface area contributed by atoms with E-state index >= 15 is 0 Å². The number of hydrogen-bond acceptors (Lipinski definition) is 4. The molecule has 1 fully saturated rings. The number of carbonyl (C=O) groups excluding carboxylic acids is 1. The molecule has 1 aromatic heterocycles. The summed E-state index contributed by atoms with van der Waals surface area (Å²) in [7, 11) is 1.77. The fourth-order valence-electron chi connectivity index (χ4n) is 2.75. The number of carbonyl (C=O) groups is 1. The Labute approximate surface area is 116 Å². The van der Waals surface area contributed by atoms with E-state index in [1.807, 2.05) is 29.2 Å². The Morgan fingerprint density at radius 2 is 2.05 bits per heavy atom. The standard InChI is InChI=1S/C15H17N3O2/c1-10(19)7-11-8-18(9-11)14-15(20)17(2)13-6-4-3-5-12(13)16-14/h3-6,11H,7-9H2,1-2H3. The lowest BCUT2D eigenvalue weighted by atomic mass is 9.94. The summed E-state index contributed by atoms with van der Waals surface area (Å²) in [5.74, 6) is 1.05. The molecule has 0 saturated carbocycles. The molecule has 1 aromatic carbocycles. The Morgan fingerprint density at radius 3 is 2.75 bits per heavy atom. The van der Waals surface area contributed by atoms with Gasteiger partial charge in [-0.3, -0.25) is 4.79 Å². The summed E-state index contributed by atoms with van der Waals surface area (Å²) in [5, 5.41) is 0. The fraction of sp³-hybridized carbons (Fsp3) is 0.400. The second-order valence-corrected chi connectivity index (χ2v) is 5.47. The van der Waals surface area contributed by atoms with Crippen molar-refractivity contribution in [2.45, 2.75) is 13.3 Å². The van der Waals surface area contributed by atoms with E-state index in [4.69, 9.17) is 0 Å². The second kappa shape index (κ2) is 4.74. The highest BCUT2D eigenvalue weighted by molar-refractivity contribution is 5.77. The highest BCUT2D eigenvalue weighted by Gasteiger charge is 2.30. The van der Waals surface area contributed by atoms with Gasteiger partial charge < -0.3 is 14.3 Å². The van der Waals surface area contributed by atoms with Gasteiger partial charge in [0.2, 0.25) is 0 Å². The number of nitrogens with zero attached hydrogens (tertiary/aromatic N) is 3. The SMILES string of the molecule is CC(=O)CC1CN(c2nc3ccccc3n(C)c2=O)C1. The molecule has 0 N–H and O–H groups in total. The van der Waals surface area contributed by atoms with Crippen LogP contribution in [0.3, 0.4) is 0 Å². The van der Waals surface area contributed by atoms with Gasteiger partial charge in [0.25, 0.3) is 5.56 Å². The molecule has 20 heavy (non-hydrogen) atoms. The van der Waals surface area contributed by atoms with Gasteiger partial charge in [0.05, 0.1) is 11.0 Å². The van der Waals surface area contributed by atoms with Crippen LogP contribution in [0.15, 0.2) is 29.1 Å². The predicted molar refractivity (Wildman–Crippen MR) is 78.0 cm³/mol. The van der Waals surface area contributed by atoms with Crippen molar-refractivity contribution in [2.24, 2.45) is 13.0 Å². The van der Waals surface area contributed by atoms with E-state index < -0.39 is 0 Å². The first kappa shape index (κ1) is 12.8. The Bertz CT molecular complexity index is 729. The summed E-state index contributed by atoms with van der Waals surface area (Å²) in [5.41, 5.74) is 1.58. The molecule has 2 heterocycles. The van der Waals surface area contributed by atoms with E-state index in [9.17, 15) is 9.59 Å². The van der Waals surface area contributed by atoms with Gasteiger partial charge in [0, 0.05) is 32.5 Å². The van der Waals surface area contributed by atoms with Crippen LogP contribution in [0.1, 0.15) is 13.3 Å². The zero-order valence-corrected chi connectivity index (χ0v) is 11.7. The van der Waals surface area contributed by atoms with Crippen LogP contribution in [0.25, 0.3) is 11.0 Å². The smallest absolute Gasteiger partial charge is 0.293 e. The van der Waals surface area contributed by atoms with Crippen LogP contribution >= 0.6 is 0 Å². The summed E-state index contributed by atoms with van der Waals surface area (Å²) >= 11 is 0. The normalized spacial score (nSPS) is 15.4. The Morgan fingerprint density at radius 1 is 1.35 bits per heavy atom. The molecule has 0 radical (unpaired) electrons. The van der Waals surface area contributed by atoms with Gasteiger partial charge in [-0.1, -0.05) is 12.1 Å². The second-order valence-electron chi connectivity index (χ2n) is 5.47. The van der Waals surface area contributed by atoms with Crippen molar-refractivity contribution in [2.75, 3.05) is 18.0 Å². The van der Waals surface area contributed by atoms with Crippen molar-refractivity contribution >= 4 is 22.6 Å². The average molecular weight is 271 g/mol. The Hall–Kier alpha value is -2.17. The molecule has 0 unspecified atom stereocenters.